The Bertz CT molecular complexity index is 521. The van der Waals surface area contributed by atoms with Gasteiger partial charge in [0.2, 0.25) is 0 Å². The molecule has 1 atom stereocenters. The minimum Gasteiger partial charge on any atom is -0.506 e. The summed E-state index contributed by atoms with van der Waals surface area (Å²) in [6.07, 6.45) is 3.78. The third-order valence-corrected chi connectivity index (χ3v) is 3.99. The van der Waals surface area contributed by atoms with Gasteiger partial charge in [-0.1, -0.05) is 57.0 Å². The number of rotatable bonds is 7. The molecule has 1 aromatic carbocycles. The molecule has 0 saturated carbocycles. The van der Waals surface area contributed by atoms with Crippen molar-refractivity contribution in [2.24, 2.45) is 5.92 Å². The third kappa shape index (κ3) is 4.30. The molecule has 3 heteroatoms. The van der Waals surface area contributed by atoms with Crippen LogP contribution in [0.1, 0.15) is 44.0 Å². The lowest BCUT2D eigenvalue weighted by molar-refractivity contribution is 0.338. The molecule has 0 spiro atoms. The van der Waals surface area contributed by atoms with Crippen LogP contribution in [0.3, 0.4) is 0 Å². The van der Waals surface area contributed by atoms with Gasteiger partial charge >= 0.3 is 0 Å². The van der Waals surface area contributed by atoms with Crippen molar-refractivity contribution in [3.05, 3.63) is 59.9 Å². The fourth-order valence-corrected chi connectivity index (χ4v) is 2.71. The van der Waals surface area contributed by atoms with Crippen LogP contribution in [-0.2, 0) is 6.54 Å². The molecule has 1 unspecified atom stereocenters. The molecule has 21 heavy (non-hydrogen) atoms. The highest BCUT2D eigenvalue weighted by Crippen LogP contribution is 2.27. The lowest BCUT2D eigenvalue weighted by Crippen LogP contribution is -2.28. The molecule has 112 valence electrons. The molecule has 1 aromatic heterocycles. The van der Waals surface area contributed by atoms with Crippen LogP contribution >= 0.6 is 0 Å². The fourth-order valence-electron chi connectivity index (χ4n) is 2.71. The summed E-state index contributed by atoms with van der Waals surface area (Å²) in [6.45, 7) is 5.19. The van der Waals surface area contributed by atoms with Crippen LogP contribution in [0.2, 0.25) is 0 Å². The first kappa shape index (κ1) is 15.5. The van der Waals surface area contributed by atoms with E-state index in [2.05, 4.69) is 54.5 Å². The molecular weight excluding hydrogens is 260 g/mol. The zero-order valence-electron chi connectivity index (χ0n) is 12.8. The van der Waals surface area contributed by atoms with Crippen molar-refractivity contribution in [3.8, 4) is 5.75 Å². The fraction of sp³-hybridized carbons (Fsp3) is 0.389. The van der Waals surface area contributed by atoms with Gasteiger partial charge in [0.25, 0.3) is 0 Å². The number of nitrogens with one attached hydrogen (secondary N) is 1. The molecule has 0 amide bonds. The van der Waals surface area contributed by atoms with Crippen LogP contribution in [0.25, 0.3) is 0 Å². The van der Waals surface area contributed by atoms with Crippen LogP contribution in [0.4, 0.5) is 0 Å². The van der Waals surface area contributed by atoms with Gasteiger partial charge in [0.1, 0.15) is 5.75 Å². The third-order valence-electron chi connectivity index (χ3n) is 3.99. The molecule has 0 aliphatic carbocycles. The van der Waals surface area contributed by atoms with Crippen molar-refractivity contribution in [3.63, 3.8) is 0 Å². The quantitative estimate of drug-likeness (QED) is 0.806. The second-order valence-corrected chi connectivity index (χ2v) is 5.35. The van der Waals surface area contributed by atoms with Gasteiger partial charge in [-0.2, -0.15) is 0 Å². The standard InChI is InChI=1S/C18H24N2O/c1-3-14(4-2)18(15-8-6-5-7-9-15)20-12-16-10-11-17(21)13-19-16/h5-11,13-14,18,20-21H,3-4,12H2,1-2H3. The molecule has 3 nitrogen and oxygen atoms in total. The van der Waals surface area contributed by atoms with Crippen molar-refractivity contribution in [1.29, 1.82) is 0 Å². The molecule has 0 radical (unpaired) electrons. The van der Waals surface area contributed by atoms with Gasteiger partial charge in [-0.3, -0.25) is 4.98 Å². The summed E-state index contributed by atoms with van der Waals surface area (Å²) in [6, 6.07) is 14.5. The van der Waals surface area contributed by atoms with E-state index in [0.29, 0.717) is 18.5 Å². The first-order chi connectivity index (χ1) is 10.2. The Balaban J connectivity index is 2.10. The first-order valence-corrected chi connectivity index (χ1v) is 7.66. The molecule has 2 aromatic rings. The molecule has 1 heterocycles. The lowest BCUT2D eigenvalue weighted by atomic mass is 9.89. The predicted octanol–water partition coefficient (Wildman–Crippen LogP) is 4.05. The van der Waals surface area contributed by atoms with Crippen molar-refractivity contribution in [2.45, 2.75) is 39.3 Å². The lowest BCUT2D eigenvalue weighted by Gasteiger charge is -2.27. The van der Waals surface area contributed by atoms with Crippen molar-refractivity contribution in [1.82, 2.24) is 10.3 Å². The molecule has 0 saturated heterocycles. The van der Waals surface area contributed by atoms with Crippen LogP contribution < -0.4 is 5.32 Å². The molecule has 2 N–H and O–H groups in total. The number of benzene rings is 1. The van der Waals surface area contributed by atoms with Gasteiger partial charge in [-0.15, -0.1) is 0 Å². The normalized spacial score (nSPS) is 12.5. The maximum atomic E-state index is 9.29. The van der Waals surface area contributed by atoms with E-state index in [4.69, 9.17) is 0 Å². The summed E-state index contributed by atoms with van der Waals surface area (Å²) in [4.78, 5) is 4.24. The second kappa shape index (κ2) is 7.79. The zero-order chi connectivity index (χ0) is 15.1. The average molecular weight is 284 g/mol. The van der Waals surface area contributed by atoms with E-state index in [-0.39, 0.29) is 5.75 Å². The molecule has 0 bridgehead atoms. The van der Waals surface area contributed by atoms with E-state index < -0.39 is 0 Å². The summed E-state index contributed by atoms with van der Waals surface area (Å²) in [5.74, 6) is 0.808. The van der Waals surface area contributed by atoms with Gasteiger partial charge < -0.3 is 10.4 Å². The number of aromatic hydroxyl groups is 1. The van der Waals surface area contributed by atoms with Gasteiger partial charge in [0, 0.05) is 12.6 Å². The van der Waals surface area contributed by atoms with E-state index in [9.17, 15) is 5.11 Å². The van der Waals surface area contributed by atoms with Gasteiger partial charge in [0.15, 0.2) is 0 Å². The van der Waals surface area contributed by atoms with Crippen molar-refractivity contribution >= 4 is 0 Å². The predicted molar refractivity (Wildman–Crippen MR) is 86.0 cm³/mol. The summed E-state index contributed by atoms with van der Waals surface area (Å²) in [5.41, 5.74) is 2.27. The smallest absolute Gasteiger partial charge is 0.133 e. The first-order valence-electron chi connectivity index (χ1n) is 7.66. The molecule has 0 aliphatic heterocycles. The monoisotopic (exact) mass is 284 g/mol. The number of hydrogen-bond donors (Lipinski definition) is 2. The van der Waals surface area contributed by atoms with Crippen molar-refractivity contribution in [2.75, 3.05) is 0 Å². The van der Waals surface area contributed by atoms with E-state index in [1.54, 1.807) is 6.07 Å². The maximum Gasteiger partial charge on any atom is 0.133 e. The van der Waals surface area contributed by atoms with Gasteiger partial charge in [-0.25, -0.2) is 0 Å². The molecule has 0 aliphatic rings. The highest BCUT2D eigenvalue weighted by molar-refractivity contribution is 5.21. The summed E-state index contributed by atoms with van der Waals surface area (Å²) < 4.78 is 0. The Morgan fingerprint density at radius 3 is 2.33 bits per heavy atom. The van der Waals surface area contributed by atoms with Gasteiger partial charge in [-0.05, 0) is 23.6 Å². The average Bonchev–Trinajstić information content (AvgIpc) is 2.54. The SMILES string of the molecule is CCC(CC)C(NCc1ccc(O)cn1)c1ccccc1. The highest BCUT2D eigenvalue weighted by atomic mass is 16.3. The summed E-state index contributed by atoms with van der Waals surface area (Å²) >= 11 is 0. The van der Waals surface area contributed by atoms with Gasteiger partial charge in [0.05, 0.1) is 11.9 Å². The number of nitrogens with zero attached hydrogens (tertiary/aromatic N) is 1. The van der Waals surface area contributed by atoms with E-state index in [1.165, 1.54) is 11.8 Å². The van der Waals surface area contributed by atoms with E-state index in [0.717, 1.165) is 18.5 Å². The largest absolute Gasteiger partial charge is 0.506 e. The number of pyridine rings is 1. The Morgan fingerprint density at radius 1 is 1.05 bits per heavy atom. The van der Waals surface area contributed by atoms with Crippen LogP contribution in [0.15, 0.2) is 48.7 Å². The summed E-state index contributed by atoms with van der Waals surface area (Å²) in [7, 11) is 0. The highest BCUT2D eigenvalue weighted by Gasteiger charge is 2.19. The Hall–Kier alpha value is -1.87. The number of aromatic nitrogens is 1. The minimum atomic E-state index is 0.207. The molecule has 0 fully saturated rings. The van der Waals surface area contributed by atoms with Crippen LogP contribution in [0, 0.1) is 5.92 Å². The molecular formula is C18H24N2O. The Kier molecular flexibility index (Phi) is 5.76. The maximum absolute atomic E-state index is 9.29. The van der Waals surface area contributed by atoms with Crippen LogP contribution in [0.5, 0.6) is 5.75 Å². The Labute approximate surface area is 127 Å². The Morgan fingerprint density at radius 2 is 1.76 bits per heavy atom. The van der Waals surface area contributed by atoms with E-state index in [1.807, 2.05) is 6.07 Å². The number of hydrogen-bond acceptors (Lipinski definition) is 3. The van der Waals surface area contributed by atoms with Crippen LogP contribution in [-0.4, -0.2) is 10.1 Å². The van der Waals surface area contributed by atoms with Crippen molar-refractivity contribution < 1.29 is 5.11 Å². The zero-order valence-corrected chi connectivity index (χ0v) is 12.8. The molecule has 2 rings (SSSR count). The second-order valence-electron chi connectivity index (χ2n) is 5.35. The minimum absolute atomic E-state index is 0.207. The topological polar surface area (TPSA) is 45.1 Å². The summed E-state index contributed by atoms with van der Waals surface area (Å²) in [5, 5.41) is 12.9. The van der Waals surface area contributed by atoms with E-state index >= 15 is 0 Å².